The van der Waals surface area contributed by atoms with Crippen LogP contribution in [0, 0.1) is 6.92 Å². The second kappa shape index (κ2) is 6.10. The predicted octanol–water partition coefficient (Wildman–Crippen LogP) is 1.25. The molecule has 2 rings (SSSR count). The number of furan rings is 1. The van der Waals surface area contributed by atoms with Gasteiger partial charge in [0.15, 0.2) is 5.16 Å². The highest BCUT2D eigenvalue weighted by Crippen LogP contribution is 2.24. The maximum atomic E-state index is 11.5. The van der Waals surface area contributed by atoms with Crippen molar-refractivity contribution >= 4 is 17.7 Å². The summed E-state index contributed by atoms with van der Waals surface area (Å²) in [7, 11) is 3.20. The quantitative estimate of drug-likeness (QED) is 0.655. The van der Waals surface area contributed by atoms with Crippen molar-refractivity contribution in [2.45, 2.75) is 24.4 Å². The number of aromatic nitrogens is 3. The van der Waals surface area contributed by atoms with Crippen LogP contribution in [0.1, 0.15) is 27.7 Å². The van der Waals surface area contributed by atoms with Crippen LogP contribution >= 0.6 is 11.8 Å². The lowest BCUT2D eigenvalue weighted by Crippen LogP contribution is -2.05. The number of ether oxygens (including phenoxy) is 1. The first-order chi connectivity index (χ1) is 9.56. The van der Waals surface area contributed by atoms with E-state index in [2.05, 4.69) is 14.9 Å². The topological polar surface area (TPSA) is 96.2 Å². The van der Waals surface area contributed by atoms with Crippen LogP contribution in [0.25, 0.3) is 0 Å². The van der Waals surface area contributed by atoms with E-state index < -0.39 is 5.97 Å². The largest absolute Gasteiger partial charge is 0.465 e. The first-order valence-corrected chi connectivity index (χ1v) is 6.94. The van der Waals surface area contributed by atoms with E-state index in [-0.39, 0.29) is 0 Å². The van der Waals surface area contributed by atoms with E-state index in [0.717, 1.165) is 11.0 Å². The first kappa shape index (κ1) is 14.6. The van der Waals surface area contributed by atoms with E-state index >= 15 is 0 Å². The second-order valence-corrected chi connectivity index (χ2v) is 5.07. The molecule has 20 heavy (non-hydrogen) atoms. The summed E-state index contributed by atoms with van der Waals surface area (Å²) >= 11 is 1.47. The maximum absolute atomic E-state index is 11.5. The van der Waals surface area contributed by atoms with Gasteiger partial charge in [0.2, 0.25) is 0 Å². The molecule has 8 heteroatoms. The van der Waals surface area contributed by atoms with Gasteiger partial charge in [-0.3, -0.25) is 0 Å². The van der Waals surface area contributed by atoms with E-state index in [4.69, 9.17) is 10.2 Å². The molecular weight excluding hydrogens is 280 g/mol. The number of rotatable bonds is 5. The molecule has 0 bridgehead atoms. The standard InChI is InChI=1S/C12H16N4O3S/c1-7-9(11(17)18-3)4-8(19-7)6-20-12-15-14-10(5-13)16(12)2/h4H,5-6,13H2,1-3H3. The van der Waals surface area contributed by atoms with Gasteiger partial charge in [-0.25, -0.2) is 4.79 Å². The number of hydrogen-bond donors (Lipinski definition) is 1. The minimum atomic E-state index is -0.397. The highest BCUT2D eigenvalue weighted by Gasteiger charge is 2.16. The zero-order valence-corrected chi connectivity index (χ0v) is 12.4. The average Bonchev–Trinajstić information content (AvgIpc) is 2.99. The summed E-state index contributed by atoms with van der Waals surface area (Å²) in [5, 5.41) is 8.77. The normalized spacial score (nSPS) is 10.8. The number of methoxy groups -OCH3 is 1. The lowest BCUT2D eigenvalue weighted by atomic mass is 10.2. The molecule has 0 unspecified atom stereocenters. The Morgan fingerprint density at radius 2 is 2.30 bits per heavy atom. The minimum Gasteiger partial charge on any atom is -0.465 e. The molecule has 0 fully saturated rings. The Morgan fingerprint density at radius 3 is 2.90 bits per heavy atom. The highest BCUT2D eigenvalue weighted by molar-refractivity contribution is 7.98. The summed E-state index contributed by atoms with van der Waals surface area (Å²) in [6.07, 6.45) is 0. The van der Waals surface area contributed by atoms with E-state index in [1.807, 2.05) is 11.6 Å². The van der Waals surface area contributed by atoms with Crippen LogP contribution in [0.2, 0.25) is 0 Å². The van der Waals surface area contributed by atoms with Gasteiger partial charge >= 0.3 is 5.97 Å². The molecule has 0 amide bonds. The SMILES string of the molecule is COC(=O)c1cc(CSc2nnc(CN)n2C)oc1C. The van der Waals surface area contributed by atoms with Crippen LogP contribution in [-0.4, -0.2) is 27.8 Å². The first-order valence-electron chi connectivity index (χ1n) is 5.95. The number of carbonyl (C=O) groups is 1. The Bertz CT molecular complexity index is 620. The maximum Gasteiger partial charge on any atom is 0.341 e. The Kier molecular flexibility index (Phi) is 4.46. The van der Waals surface area contributed by atoms with Crippen molar-refractivity contribution in [1.82, 2.24) is 14.8 Å². The molecule has 0 aliphatic carbocycles. The summed E-state index contributed by atoms with van der Waals surface area (Å²) in [6, 6.07) is 1.69. The summed E-state index contributed by atoms with van der Waals surface area (Å²) < 4.78 is 12.0. The molecule has 0 atom stereocenters. The third kappa shape index (κ3) is 2.86. The van der Waals surface area contributed by atoms with Crippen LogP contribution in [-0.2, 0) is 24.1 Å². The van der Waals surface area contributed by atoms with Crippen LogP contribution in [0.3, 0.4) is 0 Å². The van der Waals surface area contributed by atoms with Crippen LogP contribution in [0.15, 0.2) is 15.6 Å². The van der Waals surface area contributed by atoms with E-state index in [1.54, 1.807) is 13.0 Å². The second-order valence-electron chi connectivity index (χ2n) is 4.12. The number of carbonyl (C=O) groups excluding carboxylic acids is 1. The van der Waals surface area contributed by atoms with Gasteiger partial charge in [-0.05, 0) is 13.0 Å². The number of hydrogen-bond acceptors (Lipinski definition) is 7. The third-order valence-corrected chi connectivity index (χ3v) is 3.87. The smallest absolute Gasteiger partial charge is 0.341 e. The molecule has 0 aromatic carbocycles. The van der Waals surface area contributed by atoms with Crippen molar-refractivity contribution in [2.75, 3.05) is 7.11 Å². The van der Waals surface area contributed by atoms with Gasteiger partial charge in [0.05, 0.1) is 19.4 Å². The van der Waals surface area contributed by atoms with Gasteiger partial charge < -0.3 is 19.5 Å². The number of aryl methyl sites for hydroxylation is 1. The summed E-state index contributed by atoms with van der Waals surface area (Å²) in [4.78, 5) is 11.5. The molecule has 0 spiro atoms. The van der Waals surface area contributed by atoms with Crippen molar-refractivity contribution in [3.05, 3.63) is 29.0 Å². The fraction of sp³-hybridized carbons (Fsp3) is 0.417. The average molecular weight is 296 g/mol. The minimum absolute atomic E-state index is 0.344. The van der Waals surface area contributed by atoms with E-state index in [1.165, 1.54) is 18.9 Å². The Hall–Kier alpha value is -1.80. The van der Waals surface area contributed by atoms with Crippen molar-refractivity contribution in [1.29, 1.82) is 0 Å². The number of esters is 1. The van der Waals surface area contributed by atoms with Crippen molar-refractivity contribution in [2.24, 2.45) is 12.8 Å². The molecule has 0 aliphatic rings. The molecule has 2 aromatic rings. The summed E-state index contributed by atoms with van der Waals surface area (Å²) in [5.74, 6) is 2.11. The number of thioether (sulfide) groups is 1. The fourth-order valence-corrected chi connectivity index (χ4v) is 2.52. The lowest BCUT2D eigenvalue weighted by Gasteiger charge is -2.00. The molecule has 7 nitrogen and oxygen atoms in total. The molecule has 2 N–H and O–H groups in total. The Balaban J connectivity index is 2.07. The molecule has 0 saturated heterocycles. The molecule has 2 heterocycles. The fourth-order valence-electron chi connectivity index (χ4n) is 1.71. The summed E-state index contributed by atoms with van der Waals surface area (Å²) in [6.45, 7) is 2.08. The molecule has 0 saturated carbocycles. The Labute approximate surface area is 120 Å². The summed E-state index contributed by atoms with van der Waals surface area (Å²) in [5.41, 5.74) is 5.99. The lowest BCUT2D eigenvalue weighted by molar-refractivity contribution is 0.0599. The molecule has 108 valence electrons. The van der Waals surface area contributed by atoms with Gasteiger partial charge in [-0.2, -0.15) is 0 Å². The van der Waals surface area contributed by atoms with Gasteiger partial charge in [0, 0.05) is 7.05 Å². The highest BCUT2D eigenvalue weighted by atomic mass is 32.2. The predicted molar refractivity (Wildman–Crippen MR) is 73.2 cm³/mol. The number of nitrogens with zero attached hydrogens (tertiary/aromatic N) is 3. The monoisotopic (exact) mass is 296 g/mol. The van der Waals surface area contributed by atoms with E-state index in [9.17, 15) is 4.79 Å². The molecule has 2 aromatic heterocycles. The zero-order valence-electron chi connectivity index (χ0n) is 11.5. The Morgan fingerprint density at radius 1 is 1.55 bits per heavy atom. The van der Waals surface area contributed by atoms with E-state index in [0.29, 0.717) is 29.4 Å². The van der Waals surface area contributed by atoms with Gasteiger partial charge in [-0.15, -0.1) is 10.2 Å². The van der Waals surface area contributed by atoms with Crippen LogP contribution < -0.4 is 5.73 Å². The van der Waals surface area contributed by atoms with Crippen molar-refractivity contribution in [3.8, 4) is 0 Å². The molecular formula is C12H16N4O3S. The van der Waals surface area contributed by atoms with Gasteiger partial charge in [0.25, 0.3) is 0 Å². The van der Waals surface area contributed by atoms with Crippen LogP contribution in [0.4, 0.5) is 0 Å². The number of nitrogens with two attached hydrogens (primary N) is 1. The van der Waals surface area contributed by atoms with Crippen molar-refractivity contribution < 1.29 is 13.9 Å². The third-order valence-electron chi connectivity index (χ3n) is 2.83. The van der Waals surface area contributed by atoms with Gasteiger partial charge in [0.1, 0.15) is 22.9 Å². The van der Waals surface area contributed by atoms with Crippen LogP contribution in [0.5, 0.6) is 0 Å². The van der Waals surface area contributed by atoms with Crippen molar-refractivity contribution in [3.63, 3.8) is 0 Å². The van der Waals surface area contributed by atoms with Gasteiger partial charge in [-0.1, -0.05) is 11.8 Å². The molecule has 0 radical (unpaired) electrons. The zero-order chi connectivity index (χ0) is 14.7. The molecule has 0 aliphatic heterocycles.